The number of benzene rings is 1. The maximum atomic E-state index is 12.2. The van der Waals surface area contributed by atoms with Crippen molar-refractivity contribution in [3.8, 4) is 0 Å². The largest absolute Gasteiger partial charge is 0.326 e. The van der Waals surface area contributed by atoms with Gasteiger partial charge in [0.05, 0.1) is 5.69 Å². The van der Waals surface area contributed by atoms with Crippen LogP contribution in [0.3, 0.4) is 0 Å². The molecule has 2 aromatic rings. The van der Waals surface area contributed by atoms with Crippen molar-refractivity contribution in [2.75, 3.05) is 10.6 Å². The van der Waals surface area contributed by atoms with E-state index in [4.69, 9.17) is 11.6 Å². The van der Waals surface area contributed by atoms with Crippen LogP contribution < -0.4 is 10.6 Å². The Hall–Kier alpha value is -2.60. The van der Waals surface area contributed by atoms with E-state index in [1.807, 2.05) is 19.1 Å². The first kappa shape index (κ1) is 17.2. The summed E-state index contributed by atoms with van der Waals surface area (Å²) in [6.07, 6.45) is 5.26. The summed E-state index contributed by atoms with van der Waals surface area (Å²) in [5.74, 6) is -0.275. The van der Waals surface area contributed by atoms with Crippen LogP contribution in [0.5, 0.6) is 0 Å². The average molecular weight is 359 g/mol. The number of carbonyl (C=O) groups is 2. The molecule has 0 spiro atoms. The van der Waals surface area contributed by atoms with Crippen molar-refractivity contribution in [2.45, 2.75) is 26.2 Å². The van der Waals surface area contributed by atoms with E-state index in [2.05, 4.69) is 15.7 Å². The van der Waals surface area contributed by atoms with Gasteiger partial charge >= 0.3 is 0 Å². The van der Waals surface area contributed by atoms with Gasteiger partial charge in [0.1, 0.15) is 5.15 Å². The van der Waals surface area contributed by atoms with Crippen molar-refractivity contribution in [3.05, 3.63) is 46.2 Å². The Morgan fingerprint density at radius 2 is 2.20 bits per heavy atom. The third-order valence-corrected chi connectivity index (χ3v) is 4.55. The van der Waals surface area contributed by atoms with E-state index in [9.17, 15) is 9.59 Å². The highest BCUT2D eigenvalue weighted by Gasteiger charge is 2.13. The van der Waals surface area contributed by atoms with Gasteiger partial charge in [0.25, 0.3) is 0 Å². The molecule has 3 rings (SSSR count). The molecule has 0 saturated heterocycles. The van der Waals surface area contributed by atoms with Crippen LogP contribution in [0.1, 0.15) is 29.7 Å². The highest BCUT2D eigenvalue weighted by molar-refractivity contribution is 6.31. The van der Waals surface area contributed by atoms with Crippen molar-refractivity contribution >= 4 is 40.9 Å². The number of amides is 2. The van der Waals surface area contributed by atoms with Crippen LogP contribution >= 0.6 is 11.6 Å². The molecule has 1 aliphatic rings. The van der Waals surface area contributed by atoms with Crippen molar-refractivity contribution in [3.63, 3.8) is 0 Å². The molecule has 0 radical (unpaired) electrons. The maximum absolute atomic E-state index is 12.2. The number of hydrogen-bond acceptors (Lipinski definition) is 3. The van der Waals surface area contributed by atoms with E-state index < -0.39 is 0 Å². The van der Waals surface area contributed by atoms with Gasteiger partial charge in [-0.1, -0.05) is 17.7 Å². The zero-order chi connectivity index (χ0) is 18.0. The van der Waals surface area contributed by atoms with E-state index in [0.717, 1.165) is 29.8 Å². The first-order chi connectivity index (χ1) is 11.9. The fraction of sp³-hybridized carbons (Fsp3) is 0.278. The second kappa shape index (κ2) is 7.11. The van der Waals surface area contributed by atoms with Gasteiger partial charge in [-0.05, 0) is 43.5 Å². The molecule has 2 N–H and O–H groups in total. The third-order valence-electron chi connectivity index (χ3n) is 4.10. The Labute approximate surface area is 150 Å². The molecule has 1 aliphatic heterocycles. The summed E-state index contributed by atoms with van der Waals surface area (Å²) in [5, 5.41) is 10.3. The van der Waals surface area contributed by atoms with Crippen LogP contribution in [0.2, 0.25) is 5.15 Å². The normalized spacial score (nSPS) is 14.1. The van der Waals surface area contributed by atoms with Gasteiger partial charge in [-0.3, -0.25) is 14.3 Å². The molecule has 0 atom stereocenters. The number of nitrogens with zero attached hydrogens (tertiary/aromatic N) is 2. The molecule has 0 aliphatic carbocycles. The lowest BCUT2D eigenvalue weighted by molar-refractivity contribution is -0.116. The number of aryl methyl sites for hydroxylation is 3. The maximum Gasteiger partial charge on any atom is 0.248 e. The number of aromatic nitrogens is 2. The van der Waals surface area contributed by atoms with E-state index in [-0.39, 0.29) is 11.8 Å². The van der Waals surface area contributed by atoms with Crippen molar-refractivity contribution in [1.82, 2.24) is 9.78 Å². The van der Waals surface area contributed by atoms with Crippen LogP contribution in [0.25, 0.3) is 6.08 Å². The summed E-state index contributed by atoms with van der Waals surface area (Å²) in [4.78, 5) is 23.8. The molecule has 0 saturated carbocycles. The Morgan fingerprint density at radius 3 is 2.92 bits per heavy atom. The van der Waals surface area contributed by atoms with Gasteiger partial charge in [-0.25, -0.2) is 0 Å². The number of halogens is 1. The predicted octanol–water partition coefficient (Wildman–Crippen LogP) is 3.31. The second-order valence-electron chi connectivity index (χ2n) is 6.01. The van der Waals surface area contributed by atoms with E-state index in [1.165, 1.54) is 6.08 Å². The van der Waals surface area contributed by atoms with Crippen LogP contribution in [0, 0.1) is 6.92 Å². The van der Waals surface area contributed by atoms with Crippen LogP contribution in [0.4, 0.5) is 11.4 Å². The molecular weight excluding hydrogens is 340 g/mol. The number of nitrogens with one attached hydrogen (secondary N) is 2. The molecule has 6 nitrogen and oxygen atoms in total. The molecule has 0 bridgehead atoms. The lowest BCUT2D eigenvalue weighted by Gasteiger charge is -2.09. The van der Waals surface area contributed by atoms with Gasteiger partial charge < -0.3 is 10.6 Å². The van der Waals surface area contributed by atoms with E-state index in [1.54, 1.807) is 23.9 Å². The fourth-order valence-corrected chi connectivity index (χ4v) is 3.06. The summed E-state index contributed by atoms with van der Waals surface area (Å²) in [6, 6.07) is 5.55. The summed E-state index contributed by atoms with van der Waals surface area (Å²) in [5.41, 5.74) is 3.94. The molecule has 0 fully saturated rings. The minimum atomic E-state index is -0.279. The van der Waals surface area contributed by atoms with Crippen molar-refractivity contribution in [1.29, 1.82) is 0 Å². The van der Waals surface area contributed by atoms with Crippen molar-refractivity contribution in [2.24, 2.45) is 7.05 Å². The molecule has 7 heteroatoms. The summed E-state index contributed by atoms with van der Waals surface area (Å²) in [6.45, 7) is 1.83. The first-order valence-electron chi connectivity index (χ1n) is 8.05. The summed E-state index contributed by atoms with van der Waals surface area (Å²) >= 11 is 6.14. The Bertz CT molecular complexity index is 870. The zero-order valence-electron chi connectivity index (χ0n) is 14.1. The summed E-state index contributed by atoms with van der Waals surface area (Å²) < 4.78 is 1.56. The van der Waals surface area contributed by atoms with Gasteiger partial charge in [0.2, 0.25) is 11.8 Å². The number of rotatable bonds is 3. The topological polar surface area (TPSA) is 76.0 Å². The monoisotopic (exact) mass is 358 g/mol. The lowest BCUT2D eigenvalue weighted by Crippen LogP contribution is -2.11. The van der Waals surface area contributed by atoms with Gasteiger partial charge in [-0.15, -0.1) is 0 Å². The van der Waals surface area contributed by atoms with Crippen LogP contribution in [0.15, 0.2) is 24.3 Å². The molecule has 2 amide bonds. The SMILES string of the molecule is Cc1nn(C)c(Cl)c1/C=C/C(=O)Nc1ccc2c(c1)NC(=O)CCC2. The number of hydrogen-bond donors (Lipinski definition) is 2. The smallest absolute Gasteiger partial charge is 0.248 e. The predicted molar refractivity (Wildman–Crippen MR) is 98.6 cm³/mol. The van der Waals surface area contributed by atoms with Crippen molar-refractivity contribution < 1.29 is 9.59 Å². The molecule has 1 aromatic carbocycles. The highest BCUT2D eigenvalue weighted by atomic mass is 35.5. The highest BCUT2D eigenvalue weighted by Crippen LogP contribution is 2.26. The van der Waals surface area contributed by atoms with Gasteiger partial charge in [-0.2, -0.15) is 5.10 Å². The third kappa shape index (κ3) is 3.91. The molecule has 25 heavy (non-hydrogen) atoms. The Balaban J connectivity index is 1.73. The molecule has 130 valence electrons. The minimum Gasteiger partial charge on any atom is -0.326 e. The standard InChI is InChI=1S/C18H19ClN4O2/c1-11-14(18(19)23(2)22-11)8-9-17(25)20-13-7-6-12-4-3-5-16(24)21-15(12)10-13/h6-10H,3-5H2,1-2H3,(H,20,25)(H,21,24)/b9-8+. The lowest BCUT2D eigenvalue weighted by atomic mass is 10.1. The fourth-order valence-electron chi connectivity index (χ4n) is 2.82. The molecular formula is C18H19ClN4O2. The second-order valence-corrected chi connectivity index (χ2v) is 6.37. The summed E-state index contributed by atoms with van der Waals surface area (Å²) in [7, 11) is 1.75. The van der Waals surface area contributed by atoms with Gasteiger partial charge in [0.15, 0.2) is 0 Å². The molecule has 1 aromatic heterocycles. The Kier molecular flexibility index (Phi) is 4.90. The van der Waals surface area contributed by atoms with Crippen LogP contribution in [-0.4, -0.2) is 21.6 Å². The van der Waals surface area contributed by atoms with E-state index in [0.29, 0.717) is 22.8 Å². The first-order valence-corrected chi connectivity index (χ1v) is 8.43. The number of anilines is 2. The quantitative estimate of drug-likeness (QED) is 0.826. The van der Waals surface area contributed by atoms with Crippen LogP contribution in [-0.2, 0) is 23.1 Å². The molecule has 2 heterocycles. The zero-order valence-corrected chi connectivity index (χ0v) is 14.9. The minimum absolute atomic E-state index is 0.00353. The average Bonchev–Trinajstić information content (AvgIpc) is 2.71. The Morgan fingerprint density at radius 1 is 1.40 bits per heavy atom. The molecule has 0 unspecified atom stereocenters. The van der Waals surface area contributed by atoms with E-state index >= 15 is 0 Å². The number of carbonyl (C=O) groups excluding carboxylic acids is 2. The number of fused-ring (bicyclic) bond motifs is 1. The van der Waals surface area contributed by atoms with Gasteiger partial charge in [0, 0.05) is 36.5 Å².